The Morgan fingerprint density at radius 1 is 1.38 bits per heavy atom. The Balaban J connectivity index is 1.80. The molecule has 0 spiro atoms. The Labute approximate surface area is 170 Å². The molecule has 1 saturated heterocycles. The highest BCUT2D eigenvalue weighted by atomic mass is 32.2. The number of benzene rings is 1. The Bertz CT molecular complexity index is 1060. The quantitative estimate of drug-likeness (QED) is 0.820. The van der Waals surface area contributed by atoms with Crippen LogP contribution in [0.1, 0.15) is 16.8 Å². The molecule has 0 unspecified atom stereocenters. The van der Waals surface area contributed by atoms with Crippen molar-refractivity contribution < 1.29 is 13.5 Å². The smallest absolute Gasteiger partial charge is 0.255 e. The molecular weight excluding hydrogens is 398 g/mol. The molecule has 0 amide bonds. The summed E-state index contributed by atoms with van der Waals surface area (Å²) in [4.78, 5) is 14.6. The van der Waals surface area contributed by atoms with E-state index in [4.69, 9.17) is 10.5 Å². The maximum absolute atomic E-state index is 14.9. The number of thioether (sulfide) groups is 1. The monoisotopic (exact) mass is 416 g/mol. The van der Waals surface area contributed by atoms with Gasteiger partial charge in [-0.05, 0) is 25.1 Å². The molecule has 0 bridgehead atoms. The van der Waals surface area contributed by atoms with Crippen LogP contribution < -0.4 is 15.4 Å². The van der Waals surface area contributed by atoms with Crippen LogP contribution in [0.2, 0.25) is 0 Å². The van der Waals surface area contributed by atoms with Crippen molar-refractivity contribution >= 4 is 22.9 Å². The summed E-state index contributed by atoms with van der Waals surface area (Å²) in [5.41, 5.74) is 6.94. The zero-order chi connectivity index (χ0) is 20.8. The van der Waals surface area contributed by atoms with Crippen LogP contribution in [0.25, 0.3) is 0 Å². The molecule has 0 saturated carbocycles. The number of halogens is 2. The fraction of sp³-hybridized carbons (Fsp3) is 0.368. The van der Waals surface area contributed by atoms with Gasteiger partial charge >= 0.3 is 0 Å². The number of methoxy groups -OCH3 is 1. The zero-order valence-corrected chi connectivity index (χ0v) is 16.6. The molecule has 2 aliphatic heterocycles. The number of nitrogens with two attached hydrogens (primary N) is 1. The van der Waals surface area contributed by atoms with E-state index in [-0.39, 0.29) is 17.5 Å². The van der Waals surface area contributed by atoms with E-state index in [1.54, 1.807) is 6.07 Å². The summed E-state index contributed by atoms with van der Waals surface area (Å²) in [7, 11) is 1.34. The third-order valence-corrected chi connectivity index (χ3v) is 6.67. The van der Waals surface area contributed by atoms with Crippen LogP contribution in [0.3, 0.4) is 0 Å². The van der Waals surface area contributed by atoms with E-state index in [2.05, 4.69) is 21.0 Å². The van der Waals surface area contributed by atoms with Crippen LogP contribution in [0, 0.1) is 35.8 Å². The number of nitriles is 1. The summed E-state index contributed by atoms with van der Waals surface area (Å²) in [6.45, 7) is 2.75. The van der Waals surface area contributed by atoms with Crippen LogP contribution in [0.5, 0.6) is 5.88 Å². The molecule has 10 heteroatoms. The maximum Gasteiger partial charge on any atom is 0.255 e. The van der Waals surface area contributed by atoms with E-state index in [9.17, 15) is 14.0 Å². The van der Waals surface area contributed by atoms with Gasteiger partial charge in [0.1, 0.15) is 5.82 Å². The minimum Gasteiger partial charge on any atom is -0.479 e. The molecular formula is C19H18F2N6OS. The summed E-state index contributed by atoms with van der Waals surface area (Å²) in [5, 5.41) is 9.64. The summed E-state index contributed by atoms with van der Waals surface area (Å²) in [6.07, 6.45) is 0. The average molecular weight is 416 g/mol. The highest BCUT2D eigenvalue weighted by molar-refractivity contribution is 8.14. The first-order chi connectivity index (χ1) is 13.9. The molecule has 2 aromatic rings. The minimum absolute atomic E-state index is 0.0943. The van der Waals surface area contributed by atoms with Crippen molar-refractivity contribution in [2.75, 3.05) is 31.6 Å². The lowest BCUT2D eigenvalue weighted by Gasteiger charge is -2.36. The van der Waals surface area contributed by atoms with E-state index < -0.39 is 16.4 Å². The number of rotatable bonds is 3. The molecule has 1 fully saturated rings. The lowest BCUT2D eigenvalue weighted by molar-refractivity contribution is 0.365. The average Bonchev–Trinajstić information content (AvgIpc) is 3.10. The van der Waals surface area contributed by atoms with Crippen molar-refractivity contribution in [1.82, 2.24) is 9.97 Å². The molecule has 1 aromatic carbocycles. The molecule has 7 nitrogen and oxygen atoms in total. The standard InChI is InChI=1S/C19H18F2N6OS/c1-10-15(21)16(28-2)26-18(25-10)27-8-12-7-24-17(23)29-19(12,9-27)13-5-11(6-22)3-4-14(13)20/h3-5,12H,7-9H2,1-2H3,(H2,23,24)/t12-,19-/m0/s1. The van der Waals surface area contributed by atoms with Gasteiger partial charge in [-0.2, -0.15) is 14.6 Å². The van der Waals surface area contributed by atoms with E-state index in [0.717, 1.165) is 0 Å². The van der Waals surface area contributed by atoms with Gasteiger partial charge in [0, 0.05) is 31.1 Å². The fourth-order valence-electron chi connectivity index (χ4n) is 3.86. The molecule has 2 aliphatic rings. The van der Waals surface area contributed by atoms with Gasteiger partial charge in [0.25, 0.3) is 5.88 Å². The van der Waals surface area contributed by atoms with E-state index in [0.29, 0.717) is 41.9 Å². The highest BCUT2D eigenvalue weighted by Crippen LogP contribution is 2.51. The Morgan fingerprint density at radius 2 is 2.17 bits per heavy atom. The van der Waals surface area contributed by atoms with Gasteiger partial charge < -0.3 is 15.4 Å². The van der Waals surface area contributed by atoms with E-state index >= 15 is 0 Å². The minimum atomic E-state index is -0.762. The number of nitrogens with zero attached hydrogens (tertiary/aromatic N) is 5. The van der Waals surface area contributed by atoms with Crippen molar-refractivity contribution in [1.29, 1.82) is 5.26 Å². The molecule has 1 aromatic heterocycles. The van der Waals surface area contributed by atoms with Crippen molar-refractivity contribution in [3.8, 4) is 11.9 Å². The number of aromatic nitrogens is 2. The van der Waals surface area contributed by atoms with Crippen LogP contribution in [0.15, 0.2) is 23.2 Å². The topological polar surface area (TPSA) is 100 Å². The number of hydrogen-bond acceptors (Lipinski definition) is 8. The van der Waals surface area contributed by atoms with Gasteiger partial charge in [0.05, 0.1) is 29.2 Å². The molecule has 29 heavy (non-hydrogen) atoms. The number of amidine groups is 1. The van der Waals surface area contributed by atoms with Crippen molar-refractivity contribution in [3.05, 3.63) is 46.7 Å². The number of anilines is 1. The lowest BCUT2D eigenvalue weighted by atomic mass is 9.86. The highest BCUT2D eigenvalue weighted by Gasteiger charge is 2.53. The third kappa shape index (κ3) is 3.15. The third-order valence-electron chi connectivity index (χ3n) is 5.28. The van der Waals surface area contributed by atoms with Crippen LogP contribution in [-0.4, -0.2) is 41.9 Å². The fourth-order valence-corrected chi connectivity index (χ4v) is 5.17. The summed E-state index contributed by atoms with van der Waals surface area (Å²) in [5.74, 6) is -0.963. The van der Waals surface area contributed by atoms with Crippen LogP contribution >= 0.6 is 11.8 Å². The second-order valence-electron chi connectivity index (χ2n) is 6.99. The zero-order valence-electron chi connectivity index (χ0n) is 15.8. The normalized spacial score (nSPS) is 23.3. The first-order valence-electron chi connectivity index (χ1n) is 8.90. The van der Waals surface area contributed by atoms with Gasteiger partial charge in [0.15, 0.2) is 5.17 Å². The Morgan fingerprint density at radius 3 is 2.90 bits per heavy atom. The predicted octanol–water partition coefficient (Wildman–Crippen LogP) is 2.34. The number of aliphatic imine (C=N–C) groups is 1. The van der Waals surface area contributed by atoms with Crippen molar-refractivity contribution in [2.24, 2.45) is 16.6 Å². The molecule has 0 aliphatic carbocycles. The van der Waals surface area contributed by atoms with Gasteiger partial charge in [0.2, 0.25) is 11.8 Å². The van der Waals surface area contributed by atoms with Gasteiger partial charge in [-0.25, -0.2) is 9.37 Å². The molecule has 150 valence electrons. The lowest BCUT2D eigenvalue weighted by Crippen LogP contribution is -2.40. The molecule has 2 N–H and O–H groups in total. The van der Waals surface area contributed by atoms with Gasteiger partial charge in [-0.15, -0.1) is 0 Å². The van der Waals surface area contributed by atoms with E-state index in [1.165, 1.54) is 37.9 Å². The van der Waals surface area contributed by atoms with Crippen molar-refractivity contribution in [2.45, 2.75) is 11.7 Å². The summed E-state index contributed by atoms with van der Waals surface area (Å²) < 4.78 is 33.3. The second-order valence-corrected chi connectivity index (χ2v) is 8.34. The molecule has 4 rings (SSSR count). The van der Waals surface area contributed by atoms with Gasteiger partial charge in [-0.3, -0.25) is 4.99 Å². The first-order valence-corrected chi connectivity index (χ1v) is 9.71. The number of ether oxygens (including phenoxy) is 1. The molecule has 3 heterocycles. The molecule has 0 radical (unpaired) electrons. The van der Waals surface area contributed by atoms with Gasteiger partial charge in [-0.1, -0.05) is 11.8 Å². The Hall–Kier alpha value is -2.93. The van der Waals surface area contributed by atoms with Crippen LogP contribution in [-0.2, 0) is 4.75 Å². The number of aryl methyl sites for hydroxylation is 1. The Kier molecular flexibility index (Phi) is 4.78. The molecule has 2 atom stereocenters. The van der Waals surface area contributed by atoms with Crippen LogP contribution in [0.4, 0.5) is 14.7 Å². The predicted molar refractivity (Wildman–Crippen MR) is 106 cm³/mol. The maximum atomic E-state index is 14.9. The summed E-state index contributed by atoms with van der Waals surface area (Å²) >= 11 is 1.28. The first kappa shape index (κ1) is 19.4. The number of fused-ring (bicyclic) bond motifs is 1. The number of hydrogen-bond donors (Lipinski definition) is 1. The van der Waals surface area contributed by atoms with E-state index in [1.807, 2.05) is 4.90 Å². The second kappa shape index (κ2) is 7.15. The summed E-state index contributed by atoms with van der Waals surface area (Å²) in [6, 6.07) is 6.37. The van der Waals surface area contributed by atoms with Crippen molar-refractivity contribution in [3.63, 3.8) is 0 Å². The largest absolute Gasteiger partial charge is 0.479 e. The SMILES string of the molecule is COc1nc(N2C[C@@H]3CN=C(N)S[C@@]3(c3cc(C#N)ccc3F)C2)nc(C)c1F.